The third-order valence-electron chi connectivity index (χ3n) is 5.31. The van der Waals surface area contributed by atoms with Crippen LogP contribution in [-0.4, -0.2) is 4.98 Å². The van der Waals surface area contributed by atoms with E-state index in [0.29, 0.717) is 5.92 Å². The molecule has 3 aromatic rings. The molecule has 1 aliphatic rings. The quantitative estimate of drug-likeness (QED) is 0.572. The maximum absolute atomic E-state index is 7.60. The summed E-state index contributed by atoms with van der Waals surface area (Å²) >= 11 is 0. The van der Waals surface area contributed by atoms with Gasteiger partial charge in [0.15, 0.2) is 0 Å². The normalized spacial score (nSPS) is 16.8. The van der Waals surface area contributed by atoms with Gasteiger partial charge in [0.05, 0.1) is 11.2 Å². The van der Waals surface area contributed by atoms with Crippen LogP contribution in [0.25, 0.3) is 22.2 Å². The van der Waals surface area contributed by atoms with Crippen molar-refractivity contribution in [3.63, 3.8) is 0 Å². The number of hydrogen-bond donors (Lipinski definition) is 0. The van der Waals surface area contributed by atoms with E-state index < -0.39 is 0 Å². The lowest BCUT2D eigenvalue weighted by Crippen LogP contribution is -2.18. The largest absolute Gasteiger partial charge is 0.277 e. The second kappa shape index (κ2) is 7.34. The Labute approximate surface area is 148 Å². The van der Waals surface area contributed by atoms with Gasteiger partial charge in [-0.25, -0.2) is 4.98 Å². The molecule has 3 nitrogen and oxygen atoms in total. The van der Waals surface area contributed by atoms with Crippen LogP contribution in [0.15, 0.2) is 60.7 Å². The Hall–Kier alpha value is -2.23. The molecule has 1 atom stereocenters. The summed E-state index contributed by atoms with van der Waals surface area (Å²) in [6, 6.07) is 20.7. The molecule has 1 N–H and O–H groups in total. The first kappa shape index (κ1) is 16.2. The van der Waals surface area contributed by atoms with Crippen molar-refractivity contribution in [2.45, 2.75) is 38.2 Å². The lowest BCUT2D eigenvalue weighted by Gasteiger charge is -2.28. The van der Waals surface area contributed by atoms with Gasteiger partial charge in [0.1, 0.15) is 6.10 Å². The molecule has 1 radical (unpaired) electrons. The van der Waals surface area contributed by atoms with E-state index in [1.807, 2.05) is 18.2 Å². The van der Waals surface area contributed by atoms with Gasteiger partial charge in [0.2, 0.25) is 0 Å². The van der Waals surface area contributed by atoms with Crippen molar-refractivity contribution in [2.75, 3.05) is 0 Å². The van der Waals surface area contributed by atoms with Gasteiger partial charge >= 0.3 is 0 Å². The predicted octanol–water partition coefficient (Wildman–Crippen LogP) is 5.74. The Morgan fingerprint density at radius 2 is 1.76 bits per heavy atom. The second-order valence-electron chi connectivity index (χ2n) is 6.95. The summed E-state index contributed by atoms with van der Waals surface area (Å²) in [5.74, 6) is 8.05. The molecule has 1 saturated carbocycles. The molecule has 0 aliphatic heterocycles. The Balaban J connectivity index is 1.67. The molecule has 1 aliphatic carbocycles. The van der Waals surface area contributed by atoms with Crippen molar-refractivity contribution in [3.05, 3.63) is 66.2 Å². The third-order valence-corrected chi connectivity index (χ3v) is 5.31. The van der Waals surface area contributed by atoms with Crippen molar-refractivity contribution in [3.8, 4) is 11.3 Å². The first-order chi connectivity index (χ1) is 12.3. The van der Waals surface area contributed by atoms with Crippen LogP contribution in [0.1, 0.15) is 43.8 Å². The minimum atomic E-state index is -0.138. The summed E-state index contributed by atoms with van der Waals surface area (Å²) in [7, 11) is 0. The molecule has 1 unspecified atom stereocenters. The van der Waals surface area contributed by atoms with Gasteiger partial charge in [0.25, 0.3) is 0 Å². The van der Waals surface area contributed by atoms with Crippen LogP contribution in [0, 0.1) is 5.92 Å². The zero-order valence-corrected chi connectivity index (χ0v) is 14.3. The number of hydrogen-bond acceptors (Lipinski definition) is 2. The number of pyridine rings is 1. The molecular formula is C22H23N2O. The standard InChI is InChI=1S/C22H23N2O/c23-25-22(17-8-2-1-3-9-17)19-11-6-10-18(15-19)21-14-13-16-7-4-5-12-20(16)24-21/h4-7,10-15,17,22-23H,1-3,8-9H2. The Kier molecular flexibility index (Phi) is 4.77. The molecule has 0 spiro atoms. The third kappa shape index (κ3) is 3.44. The van der Waals surface area contributed by atoms with Crippen molar-refractivity contribution in [1.29, 1.82) is 0 Å². The molecule has 2 aromatic carbocycles. The first-order valence-corrected chi connectivity index (χ1v) is 9.13. The van der Waals surface area contributed by atoms with Gasteiger partial charge in [0, 0.05) is 10.9 Å². The van der Waals surface area contributed by atoms with Crippen LogP contribution in [0.5, 0.6) is 0 Å². The molecule has 0 amide bonds. The number of nitrogens with one attached hydrogen (secondary N) is 1. The number of fused-ring (bicyclic) bond motifs is 1. The van der Waals surface area contributed by atoms with E-state index in [9.17, 15) is 0 Å². The lowest BCUT2D eigenvalue weighted by molar-refractivity contribution is -0.0156. The van der Waals surface area contributed by atoms with E-state index in [1.54, 1.807) is 0 Å². The molecule has 127 valence electrons. The molecule has 25 heavy (non-hydrogen) atoms. The van der Waals surface area contributed by atoms with Gasteiger partial charge in [-0.15, -0.1) is 5.90 Å². The molecule has 1 heterocycles. The van der Waals surface area contributed by atoms with Gasteiger partial charge in [-0.2, -0.15) is 0 Å². The van der Waals surface area contributed by atoms with Gasteiger partial charge in [-0.1, -0.05) is 61.7 Å². The number of rotatable bonds is 4. The second-order valence-corrected chi connectivity index (χ2v) is 6.95. The number of nitrogens with zero attached hydrogens (tertiary/aromatic N) is 1. The van der Waals surface area contributed by atoms with E-state index >= 15 is 0 Å². The number of aromatic nitrogens is 1. The van der Waals surface area contributed by atoms with Crippen molar-refractivity contribution < 1.29 is 4.84 Å². The van der Waals surface area contributed by atoms with Gasteiger partial charge in [-0.05, 0) is 42.5 Å². The summed E-state index contributed by atoms with van der Waals surface area (Å²) in [4.78, 5) is 9.96. The highest BCUT2D eigenvalue weighted by atomic mass is 16.6. The SMILES string of the molecule is [NH]OC(c1cccc(-c2ccc3ccccc3n2)c1)C1CCCCC1. The smallest absolute Gasteiger partial charge is 0.109 e. The highest BCUT2D eigenvalue weighted by Crippen LogP contribution is 2.37. The summed E-state index contributed by atoms with van der Waals surface area (Å²) in [5, 5.41) is 1.15. The zero-order chi connectivity index (χ0) is 17.1. The minimum Gasteiger partial charge on any atom is -0.277 e. The zero-order valence-electron chi connectivity index (χ0n) is 14.3. The highest BCUT2D eigenvalue weighted by molar-refractivity contribution is 5.81. The highest BCUT2D eigenvalue weighted by Gasteiger charge is 2.26. The van der Waals surface area contributed by atoms with Crippen LogP contribution in [-0.2, 0) is 4.84 Å². The van der Waals surface area contributed by atoms with Crippen molar-refractivity contribution in [1.82, 2.24) is 10.9 Å². The van der Waals surface area contributed by atoms with E-state index in [1.165, 1.54) is 19.3 Å². The fourth-order valence-electron chi connectivity index (χ4n) is 3.98. The van der Waals surface area contributed by atoms with Gasteiger partial charge < -0.3 is 0 Å². The summed E-state index contributed by atoms with van der Waals surface area (Å²) < 4.78 is 0. The van der Waals surface area contributed by atoms with Crippen LogP contribution >= 0.6 is 0 Å². The molecule has 1 aromatic heterocycles. The van der Waals surface area contributed by atoms with Crippen LogP contribution < -0.4 is 5.90 Å². The topological polar surface area (TPSA) is 45.9 Å². The summed E-state index contributed by atoms with van der Waals surface area (Å²) in [5.41, 5.74) is 4.15. The average Bonchev–Trinajstić information content (AvgIpc) is 2.69. The first-order valence-electron chi connectivity index (χ1n) is 9.13. The molecule has 3 heteroatoms. The molecular weight excluding hydrogens is 308 g/mol. The van der Waals surface area contributed by atoms with E-state index in [2.05, 4.69) is 42.5 Å². The van der Waals surface area contributed by atoms with E-state index in [0.717, 1.165) is 40.6 Å². The van der Waals surface area contributed by atoms with Crippen molar-refractivity contribution >= 4 is 10.9 Å². The van der Waals surface area contributed by atoms with Crippen LogP contribution in [0.4, 0.5) is 0 Å². The lowest BCUT2D eigenvalue weighted by atomic mass is 9.82. The van der Waals surface area contributed by atoms with Crippen molar-refractivity contribution in [2.24, 2.45) is 5.92 Å². The molecule has 4 rings (SSSR count). The fourth-order valence-corrected chi connectivity index (χ4v) is 3.98. The monoisotopic (exact) mass is 331 g/mol. The van der Waals surface area contributed by atoms with E-state index in [4.69, 9.17) is 15.7 Å². The molecule has 0 saturated heterocycles. The molecule has 0 bridgehead atoms. The van der Waals surface area contributed by atoms with Crippen LogP contribution in [0.3, 0.4) is 0 Å². The van der Waals surface area contributed by atoms with E-state index in [-0.39, 0.29) is 6.10 Å². The Morgan fingerprint density at radius 1 is 0.920 bits per heavy atom. The average molecular weight is 331 g/mol. The van der Waals surface area contributed by atoms with Gasteiger partial charge in [-0.3, -0.25) is 4.84 Å². The Morgan fingerprint density at radius 3 is 2.60 bits per heavy atom. The predicted molar refractivity (Wildman–Crippen MR) is 101 cm³/mol. The fraction of sp³-hybridized carbons (Fsp3) is 0.318. The maximum Gasteiger partial charge on any atom is 0.109 e. The minimum absolute atomic E-state index is 0.138. The maximum atomic E-state index is 7.60. The van der Waals surface area contributed by atoms with Crippen LogP contribution in [0.2, 0.25) is 0 Å². The summed E-state index contributed by atoms with van der Waals surface area (Å²) in [6.45, 7) is 0. The number of benzene rings is 2. The number of para-hydroxylation sites is 1. The Bertz CT molecular complexity index is 855. The molecule has 1 fully saturated rings. The summed E-state index contributed by atoms with van der Waals surface area (Å²) in [6.07, 6.45) is 5.97.